The fraction of sp³-hybridized carbons (Fsp3) is 0.800. The first-order valence-corrected chi connectivity index (χ1v) is 6.23. The monoisotopic (exact) mass is 231 g/mol. The third kappa shape index (κ3) is 3.74. The van der Waals surface area contributed by atoms with Crippen LogP contribution in [0.5, 0.6) is 0 Å². The molecule has 0 aliphatic carbocycles. The highest BCUT2D eigenvalue weighted by Crippen LogP contribution is 2.25. The maximum Gasteiger partial charge on any atom is 0.328 e. The highest BCUT2D eigenvalue weighted by molar-refractivity contribution is 7.99. The number of nitrogens with one attached hydrogen (secondary N) is 1. The summed E-state index contributed by atoms with van der Waals surface area (Å²) in [5.74, 6) is 1.82. The number of carbonyl (C=O) groups is 2. The maximum absolute atomic E-state index is 11.5. The number of hydrogen-bond acceptors (Lipinski definition) is 4. The van der Waals surface area contributed by atoms with Crippen molar-refractivity contribution in [3.05, 3.63) is 0 Å². The Bertz CT molecular complexity index is 239. The molecular formula is C10H17NO3S. The van der Waals surface area contributed by atoms with Gasteiger partial charge in [-0.2, -0.15) is 11.8 Å². The minimum atomic E-state index is -0.464. The summed E-state index contributed by atoms with van der Waals surface area (Å²) in [6.07, 6.45) is 1.93. The number of hydrogen-bond donors (Lipinski definition) is 1. The number of ether oxygens (including phenoxy) is 1. The number of amides is 1. The Hall–Kier alpha value is -0.710. The molecule has 0 aromatic heterocycles. The van der Waals surface area contributed by atoms with E-state index in [2.05, 4.69) is 5.32 Å². The van der Waals surface area contributed by atoms with Gasteiger partial charge in [-0.1, -0.05) is 0 Å². The van der Waals surface area contributed by atoms with Crippen LogP contribution in [-0.4, -0.2) is 36.5 Å². The van der Waals surface area contributed by atoms with Crippen molar-refractivity contribution in [3.8, 4) is 0 Å². The number of esters is 1. The van der Waals surface area contributed by atoms with E-state index in [4.69, 9.17) is 4.74 Å². The van der Waals surface area contributed by atoms with Gasteiger partial charge in [0.05, 0.1) is 7.11 Å². The fourth-order valence-electron chi connectivity index (χ4n) is 1.76. The topological polar surface area (TPSA) is 55.4 Å². The molecule has 15 heavy (non-hydrogen) atoms. The minimum Gasteiger partial charge on any atom is -0.467 e. The molecule has 1 atom stereocenters. The van der Waals surface area contributed by atoms with Gasteiger partial charge < -0.3 is 10.1 Å². The van der Waals surface area contributed by atoms with Crippen molar-refractivity contribution in [2.24, 2.45) is 5.92 Å². The van der Waals surface area contributed by atoms with Crippen LogP contribution >= 0.6 is 11.8 Å². The van der Waals surface area contributed by atoms with Gasteiger partial charge >= 0.3 is 5.97 Å². The van der Waals surface area contributed by atoms with E-state index < -0.39 is 6.04 Å². The van der Waals surface area contributed by atoms with Crippen LogP contribution in [0.1, 0.15) is 19.8 Å². The van der Waals surface area contributed by atoms with E-state index in [0.717, 1.165) is 24.3 Å². The summed E-state index contributed by atoms with van der Waals surface area (Å²) < 4.78 is 4.71. The summed E-state index contributed by atoms with van der Waals surface area (Å²) in [5.41, 5.74) is 0. The molecule has 0 aromatic rings. The van der Waals surface area contributed by atoms with Gasteiger partial charge in [-0.05, 0) is 30.3 Å². The lowest BCUT2D eigenvalue weighted by Crippen LogP contribution is -2.46. The predicted octanol–water partition coefficient (Wildman–Crippen LogP) is 0.807. The number of carbonyl (C=O) groups excluding carboxylic acids is 2. The summed E-state index contributed by atoms with van der Waals surface area (Å²) in [4.78, 5) is 22.5. The van der Waals surface area contributed by atoms with Crippen molar-refractivity contribution in [1.82, 2.24) is 5.32 Å². The van der Waals surface area contributed by atoms with E-state index in [1.165, 1.54) is 14.0 Å². The van der Waals surface area contributed by atoms with E-state index >= 15 is 0 Å². The summed E-state index contributed by atoms with van der Waals surface area (Å²) in [6.45, 7) is 1.42. The first-order chi connectivity index (χ1) is 7.15. The predicted molar refractivity (Wildman–Crippen MR) is 59.7 cm³/mol. The second-order valence-corrected chi connectivity index (χ2v) is 4.88. The minimum absolute atomic E-state index is 0.177. The van der Waals surface area contributed by atoms with E-state index in [0.29, 0.717) is 0 Å². The number of rotatable bonds is 3. The van der Waals surface area contributed by atoms with E-state index in [-0.39, 0.29) is 17.8 Å². The van der Waals surface area contributed by atoms with Crippen LogP contribution in [0.2, 0.25) is 0 Å². The normalized spacial score (nSPS) is 19.3. The molecule has 0 aromatic carbocycles. The molecule has 1 rings (SSSR count). The molecule has 1 fully saturated rings. The molecule has 86 valence electrons. The van der Waals surface area contributed by atoms with Crippen molar-refractivity contribution >= 4 is 23.6 Å². The molecule has 0 spiro atoms. The van der Waals surface area contributed by atoms with Crippen LogP contribution in [-0.2, 0) is 14.3 Å². The Morgan fingerprint density at radius 3 is 2.47 bits per heavy atom. The van der Waals surface area contributed by atoms with Crippen molar-refractivity contribution in [1.29, 1.82) is 0 Å². The van der Waals surface area contributed by atoms with Gasteiger partial charge in [0.2, 0.25) is 5.91 Å². The van der Waals surface area contributed by atoms with Gasteiger partial charge in [0.25, 0.3) is 0 Å². The quantitative estimate of drug-likeness (QED) is 0.730. The molecular weight excluding hydrogens is 214 g/mol. The average molecular weight is 231 g/mol. The second-order valence-electron chi connectivity index (χ2n) is 3.65. The Morgan fingerprint density at radius 2 is 2.00 bits per heavy atom. The van der Waals surface area contributed by atoms with Gasteiger partial charge in [-0.15, -0.1) is 0 Å². The van der Waals surface area contributed by atoms with Gasteiger partial charge in [-0.25, -0.2) is 4.79 Å². The highest BCUT2D eigenvalue weighted by atomic mass is 32.2. The van der Waals surface area contributed by atoms with Crippen molar-refractivity contribution in [2.75, 3.05) is 18.6 Å². The summed E-state index contributed by atoms with van der Waals surface area (Å²) in [5, 5.41) is 2.68. The van der Waals surface area contributed by atoms with E-state index in [1.54, 1.807) is 0 Å². The SMILES string of the molecule is COC(=O)[C@@H](NC(C)=O)C1CCSCC1. The lowest BCUT2D eigenvalue weighted by Gasteiger charge is -2.28. The molecule has 1 saturated heterocycles. The van der Waals surface area contributed by atoms with E-state index in [9.17, 15) is 9.59 Å². The zero-order chi connectivity index (χ0) is 11.3. The Labute approximate surface area is 94.1 Å². The summed E-state index contributed by atoms with van der Waals surface area (Å²) >= 11 is 1.89. The molecule has 1 heterocycles. The van der Waals surface area contributed by atoms with Gasteiger partial charge in [0.1, 0.15) is 6.04 Å². The lowest BCUT2D eigenvalue weighted by molar-refractivity contribution is -0.146. The molecule has 0 bridgehead atoms. The standard InChI is InChI=1S/C10H17NO3S/c1-7(12)11-9(10(13)14-2)8-3-5-15-6-4-8/h8-9H,3-6H2,1-2H3,(H,11,12)/t9-/m0/s1. The lowest BCUT2D eigenvalue weighted by atomic mass is 9.93. The van der Waals surface area contributed by atoms with Crippen LogP contribution in [0, 0.1) is 5.92 Å². The van der Waals surface area contributed by atoms with Gasteiger partial charge in [0.15, 0.2) is 0 Å². The van der Waals surface area contributed by atoms with Crippen molar-refractivity contribution < 1.29 is 14.3 Å². The first kappa shape index (κ1) is 12.4. The largest absolute Gasteiger partial charge is 0.467 e. The summed E-state index contributed by atoms with van der Waals surface area (Å²) in [6, 6.07) is -0.464. The van der Waals surface area contributed by atoms with E-state index in [1.807, 2.05) is 11.8 Å². The molecule has 4 nitrogen and oxygen atoms in total. The highest BCUT2D eigenvalue weighted by Gasteiger charge is 2.30. The average Bonchev–Trinajstić information content (AvgIpc) is 2.26. The van der Waals surface area contributed by atoms with Gasteiger partial charge in [-0.3, -0.25) is 4.79 Å². The molecule has 1 N–H and O–H groups in total. The van der Waals surface area contributed by atoms with Crippen LogP contribution in [0.3, 0.4) is 0 Å². The first-order valence-electron chi connectivity index (χ1n) is 5.08. The molecule has 0 radical (unpaired) electrons. The van der Waals surface area contributed by atoms with Crippen LogP contribution in [0.25, 0.3) is 0 Å². The fourth-order valence-corrected chi connectivity index (χ4v) is 2.91. The third-order valence-corrected chi connectivity index (χ3v) is 3.60. The van der Waals surface area contributed by atoms with Crippen molar-refractivity contribution in [3.63, 3.8) is 0 Å². The van der Waals surface area contributed by atoms with Crippen LogP contribution in [0.15, 0.2) is 0 Å². The second kappa shape index (κ2) is 6.00. The Kier molecular flexibility index (Phi) is 4.94. The number of thioether (sulfide) groups is 1. The molecule has 5 heteroatoms. The number of methoxy groups -OCH3 is 1. The summed E-state index contributed by atoms with van der Waals surface area (Å²) in [7, 11) is 1.36. The third-order valence-electron chi connectivity index (χ3n) is 2.55. The van der Waals surface area contributed by atoms with Gasteiger partial charge in [0, 0.05) is 6.92 Å². The van der Waals surface area contributed by atoms with Crippen molar-refractivity contribution in [2.45, 2.75) is 25.8 Å². The molecule has 0 saturated carbocycles. The van der Waals surface area contributed by atoms with Crippen LogP contribution in [0.4, 0.5) is 0 Å². The smallest absolute Gasteiger partial charge is 0.328 e. The maximum atomic E-state index is 11.5. The molecule has 0 unspecified atom stereocenters. The Balaban J connectivity index is 2.60. The Morgan fingerprint density at radius 1 is 1.40 bits per heavy atom. The zero-order valence-electron chi connectivity index (χ0n) is 9.12. The molecule has 1 aliphatic heterocycles. The molecule has 1 aliphatic rings. The van der Waals surface area contributed by atoms with Crippen LogP contribution < -0.4 is 5.32 Å². The zero-order valence-corrected chi connectivity index (χ0v) is 9.93. The molecule has 1 amide bonds.